The molecular weight excluding hydrogens is 144 g/mol. The van der Waals surface area contributed by atoms with Gasteiger partial charge < -0.3 is 4.74 Å². The molecule has 0 rings (SSSR count). The molecule has 0 fully saturated rings. The van der Waals surface area contributed by atoms with Gasteiger partial charge in [-0.2, -0.15) is 0 Å². The number of Topliss-reactive ketones (excluding diaryl/α,β-unsaturated/α-hetero) is 1. The van der Waals surface area contributed by atoms with Gasteiger partial charge in [0.1, 0.15) is 5.78 Å². The van der Waals surface area contributed by atoms with E-state index in [1.807, 2.05) is 0 Å². The van der Waals surface area contributed by atoms with Crippen LogP contribution in [0, 0.1) is 5.92 Å². The summed E-state index contributed by atoms with van der Waals surface area (Å²) in [5, 5.41) is 0. The first kappa shape index (κ1) is 10.1. The van der Waals surface area contributed by atoms with Crippen molar-refractivity contribution in [2.45, 2.75) is 27.2 Å². The summed E-state index contributed by atoms with van der Waals surface area (Å²) in [5.74, 6) is -0.484. The lowest BCUT2D eigenvalue weighted by atomic mass is 10.0. The molecule has 1 atom stereocenters. The Bertz CT molecular complexity index is 151. The summed E-state index contributed by atoms with van der Waals surface area (Å²) in [5.41, 5.74) is 0. The number of esters is 1. The van der Waals surface area contributed by atoms with Crippen LogP contribution >= 0.6 is 0 Å². The van der Waals surface area contributed by atoms with Crippen LogP contribution < -0.4 is 0 Å². The van der Waals surface area contributed by atoms with Gasteiger partial charge in [0.15, 0.2) is 0 Å². The molecule has 0 spiro atoms. The lowest BCUT2D eigenvalue weighted by Gasteiger charge is -2.05. The number of ketones is 1. The molecule has 0 aromatic heterocycles. The standard InChI is InChI=1S/C8H14O3/c1-4-11-8(10)5-6(2)7(3)9/h6H,4-5H2,1-3H3/t6-/m0/s1. The van der Waals surface area contributed by atoms with Gasteiger partial charge in [-0.3, -0.25) is 9.59 Å². The van der Waals surface area contributed by atoms with E-state index >= 15 is 0 Å². The van der Waals surface area contributed by atoms with E-state index in [9.17, 15) is 9.59 Å². The third-order valence-corrected chi connectivity index (χ3v) is 1.47. The van der Waals surface area contributed by atoms with E-state index in [4.69, 9.17) is 0 Å². The van der Waals surface area contributed by atoms with Crippen LogP contribution in [0.25, 0.3) is 0 Å². The summed E-state index contributed by atoms with van der Waals surface area (Å²) < 4.78 is 4.67. The predicted octanol–water partition coefficient (Wildman–Crippen LogP) is 1.16. The summed E-state index contributed by atoms with van der Waals surface area (Å²) in [6.07, 6.45) is 0.198. The van der Waals surface area contributed by atoms with Gasteiger partial charge in [0.25, 0.3) is 0 Å². The Hall–Kier alpha value is -0.860. The molecule has 0 bridgehead atoms. The molecule has 0 saturated heterocycles. The highest BCUT2D eigenvalue weighted by atomic mass is 16.5. The van der Waals surface area contributed by atoms with Gasteiger partial charge >= 0.3 is 5.97 Å². The fourth-order valence-electron chi connectivity index (χ4n) is 0.614. The molecule has 0 aromatic carbocycles. The maximum atomic E-state index is 10.8. The minimum Gasteiger partial charge on any atom is -0.466 e. The van der Waals surface area contributed by atoms with Crippen molar-refractivity contribution in [1.82, 2.24) is 0 Å². The first-order chi connectivity index (χ1) is 5.07. The fraction of sp³-hybridized carbons (Fsp3) is 0.750. The average Bonchev–Trinajstić information content (AvgIpc) is 1.87. The van der Waals surface area contributed by atoms with Crippen molar-refractivity contribution in [2.24, 2.45) is 5.92 Å². The summed E-state index contributed by atoms with van der Waals surface area (Å²) >= 11 is 0. The normalized spacial score (nSPS) is 12.3. The molecule has 0 N–H and O–H groups in total. The Labute approximate surface area is 66.7 Å². The van der Waals surface area contributed by atoms with Gasteiger partial charge in [-0.05, 0) is 13.8 Å². The van der Waals surface area contributed by atoms with E-state index in [0.29, 0.717) is 6.61 Å². The topological polar surface area (TPSA) is 43.4 Å². The predicted molar refractivity (Wildman–Crippen MR) is 41.1 cm³/mol. The van der Waals surface area contributed by atoms with Crippen molar-refractivity contribution in [3.63, 3.8) is 0 Å². The van der Waals surface area contributed by atoms with Crippen LogP contribution in [0.5, 0.6) is 0 Å². The minimum absolute atomic E-state index is 0.0260. The molecule has 0 saturated carbocycles. The second kappa shape index (κ2) is 4.88. The maximum absolute atomic E-state index is 10.8. The van der Waals surface area contributed by atoms with Crippen molar-refractivity contribution in [1.29, 1.82) is 0 Å². The summed E-state index contributed by atoms with van der Waals surface area (Å²) in [4.78, 5) is 21.5. The Kier molecular flexibility index (Phi) is 4.50. The number of hydrogen-bond acceptors (Lipinski definition) is 3. The molecule has 0 heterocycles. The van der Waals surface area contributed by atoms with E-state index < -0.39 is 0 Å². The summed E-state index contributed by atoms with van der Waals surface area (Å²) in [7, 11) is 0. The van der Waals surface area contributed by atoms with E-state index in [1.54, 1.807) is 13.8 Å². The lowest BCUT2D eigenvalue weighted by Crippen LogP contribution is -2.14. The fourth-order valence-corrected chi connectivity index (χ4v) is 0.614. The second-order valence-corrected chi connectivity index (χ2v) is 2.52. The monoisotopic (exact) mass is 158 g/mol. The van der Waals surface area contributed by atoms with Crippen LogP contribution in [-0.2, 0) is 14.3 Å². The molecule has 0 aliphatic carbocycles. The number of ether oxygens (including phenoxy) is 1. The summed E-state index contributed by atoms with van der Waals surface area (Å²) in [6, 6.07) is 0. The highest BCUT2D eigenvalue weighted by molar-refractivity contribution is 5.83. The lowest BCUT2D eigenvalue weighted by molar-refractivity contribution is -0.145. The first-order valence-electron chi connectivity index (χ1n) is 3.74. The Morgan fingerprint density at radius 2 is 2.00 bits per heavy atom. The van der Waals surface area contributed by atoms with E-state index in [1.165, 1.54) is 6.92 Å². The Balaban J connectivity index is 3.66. The van der Waals surface area contributed by atoms with Gasteiger partial charge in [-0.1, -0.05) is 6.92 Å². The number of carbonyl (C=O) groups is 2. The van der Waals surface area contributed by atoms with Crippen LogP contribution in [0.3, 0.4) is 0 Å². The van der Waals surface area contributed by atoms with Gasteiger partial charge in [-0.25, -0.2) is 0 Å². The smallest absolute Gasteiger partial charge is 0.306 e. The Morgan fingerprint density at radius 3 is 2.36 bits per heavy atom. The zero-order valence-electron chi connectivity index (χ0n) is 7.22. The van der Waals surface area contributed by atoms with Gasteiger partial charge in [-0.15, -0.1) is 0 Å². The molecule has 0 aliphatic heterocycles. The molecule has 0 amide bonds. The van der Waals surface area contributed by atoms with E-state index in [2.05, 4.69) is 4.74 Å². The van der Waals surface area contributed by atoms with Crippen molar-refractivity contribution in [3.8, 4) is 0 Å². The Morgan fingerprint density at radius 1 is 1.45 bits per heavy atom. The van der Waals surface area contributed by atoms with Crippen molar-refractivity contribution >= 4 is 11.8 Å². The molecule has 0 aliphatic rings. The van der Waals surface area contributed by atoms with Gasteiger partial charge in [0, 0.05) is 5.92 Å². The molecule has 0 aromatic rings. The first-order valence-corrected chi connectivity index (χ1v) is 3.74. The van der Waals surface area contributed by atoms with E-state index in [-0.39, 0.29) is 24.1 Å². The van der Waals surface area contributed by atoms with Crippen LogP contribution in [0.1, 0.15) is 27.2 Å². The van der Waals surface area contributed by atoms with Crippen LogP contribution in [0.4, 0.5) is 0 Å². The third kappa shape index (κ3) is 4.53. The largest absolute Gasteiger partial charge is 0.466 e. The molecule has 3 heteroatoms. The zero-order chi connectivity index (χ0) is 8.85. The van der Waals surface area contributed by atoms with Crippen LogP contribution in [-0.4, -0.2) is 18.4 Å². The van der Waals surface area contributed by atoms with E-state index in [0.717, 1.165) is 0 Å². The summed E-state index contributed by atoms with van der Waals surface area (Å²) in [6.45, 7) is 5.32. The van der Waals surface area contributed by atoms with Crippen molar-refractivity contribution < 1.29 is 14.3 Å². The van der Waals surface area contributed by atoms with Crippen molar-refractivity contribution in [2.75, 3.05) is 6.61 Å². The highest BCUT2D eigenvalue weighted by Gasteiger charge is 2.13. The molecule has 0 unspecified atom stereocenters. The van der Waals surface area contributed by atoms with Crippen molar-refractivity contribution in [3.05, 3.63) is 0 Å². The van der Waals surface area contributed by atoms with Crippen LogP contribution in [0.2, 0.25) is 0 Å². The molecule has 0 radical (unpaired) electrons. The zero-order valence-corrected chi connectivity index (χ0v) is 7.22. The molecule has 11 heavy (non-hydrogen) atoms. The minimum atomic E-state index is -0.296. The number of carbonyl (C=O) groups excluding carboxylic acids is 2. The SMILES string of the molecule is CCOC(=O)C[C@H](C)C(C)=O. The average molecular weight is 158 g/mol. The quantitative estimate of drug-likeness (QED) is 0.577. The molecule has 64 valence electrons. The van der Waals surface area contributed by atoms with Crippen LogP contribution in [0.15, 0.2) is 0 Å². The molecule has 3 nitrogen and oxygen atoms in total. The van der Waals surface area contributed by atoms with Gasteiger partial charge in [0.2, 0.25) is 0 Å². The second-order valence-electron chi connectivity index (χ2n) is 2.52. The maximum Gasteiger partial charge on any atom is 0.306 e. The number of rotatable bonds is 4. The number of hydrogen-bond donors (Lipinski definition) is 0. The molecular formula is C8H14O3. The van der Waals surface area contributed by atoms with Gasteiger partial charge in [0.05, 0.1) is 13.0 Å². The third-order valence-electron chi connectivity index (χ3n) is 1.47. The highest BCUT2D eigenvalue weighted by Crippen LogP contribution is 2.03.